The first-order valence-electron chi connectivity index (χ1n) is 12.5. The van der Waals surface area contributed by atoms with Gasteiger partial charge in [0.2, 0.25) is 0 Å². The van der Waals surface area contributed by atoms with Gasteiger partial charge in [-0.25, -0.2) is 0 Å². The Morgan fingerprint density at radius 2 is 1.97 bits per heavy atom. The third-order valence-electron chi connectivity index (χ3n) is 9.91. The molecule has 0 aliphatic heterocycles. The van der Waals surface area contributed by atoms with E-state index in [4.69, 9.17) is 4.18 Å². The van der Waals surface area contributed by atoms with E-state index in [0.29, 0.717) is 16.9 Å². The highest BCUT2D eigenvalue weighted by atomic mass is 127. The predicted octanol–water partition coefficient (Wildman–Crippen LogP) is 9.17. The van der Waals surface area contributed by atoms with Gasteiger partial charge < -0.3 is 4.18 Å². The Bertz CT molecular complexity index is 604. The predicted molar refractivity (Wildman–Crippen MR) is 135 cm³/mol. The molecule has 3 heteroatoms. The third-order valence-corrected chi connectivity index (χ3v) is 10.9. The van der Waals surface area contributed by atoms with E-state index >= 15 is 0 Å². The van der Waals surface area contributed by atoms with Crippen LogP contribution in [-0.4, -0.2) is 6.10 Å². The number of rotatable bonds is 7. The van der Waals surface area contributed by atoms with Crippen LogP contribution >= 0.6 is 30.4 Å². The second-order valence-electron chi connectivity index (χ2n) is 11.8. The summed E-state index contributed by atoms with van der Waals surface area (Å²) in [5.74, 6) is 4.84. The van der Waals surface area contributed by atoms with Gasteiger partial charge in [-0.2, -0.15) is 0 Å². The van der Waals surface area contributed by atoms with Crippen molar-refractivity contribution in [3.05, 3.63) is 11.6 Å². The highest BCUT2D eigenvalue weighted by Gasteiger charge is 2.59. The Labute approximate surface area is 196 Å². The zero-order chi connectivity index (χ0) is 20.6. The molecule has 7 unspecified atom stereocenters. The van der Waals surface area contributed by atoms with Crippen molar-refractivity contribution in [2.75, 3.05) is 0 Å². The van der Waals surface area contributed by atoms with Gasteiger partial charge >= 0.3 is 0 Å². The molecular formula is C26H43IOS. The molecule has 4 aliphatic rings. The van der Waals surface area contributed by atoms with Crippen LogP contribution in [0.25, 0.3) is 0 Å². The lowest BCUT2D eigenvalue weighted by Crippen LogP contribution is -2.53. The van der Waals surface area contributed by atoms with Crippen LogP contribution in [0.2, 0.25) is 0 Å². The zero-order valence-electron chi connectivity index (χ0n) is 19.2. The SMILES string of the molecule is CC(C)CCCCC1CCC2C1CCC1C3(C)CCC(OSI)CC3=CCC21C. The van der Waals surface area contributed by atoms with E-state index in [1.54, 1.807) is 5.57 Å². The lowest BCUT2D eigenvalue weighted by atomic mass is 9.44. The molecule has 0 radical (unpaired) electrons. The highest BCUT2D eigenvalue weighted by Crippen LogP contribution is 2.68. The highest BCUT2D eigenvalue weighted by molar-refractivity contribution is 14.2. The fourth-order valence-electron chi connectivity index (χ4n) is 8.40. The van der Waals surface area contributed by atoms with Crippen LogP contribution in [-0.2, 0) is 4.18 Å². The smallest absolute Gasteiger partial charge is 0.0769 e. The third kappa shape index (κ3) is 4.36. The minimum Gasteiger partial charge on any atom is -0.302 e. The molecule has 7 atom stereocenters. The van der Waals surface area contributed by atoms with E-state index < -0.39 is 0 Å². The maximum absolute atomic E-state index is 5.95. The van der Waals surface area contributed by atoms with Crippen molar-refractivity contribution in [3.63, 3.8) is 0 Å². The molecule has 0 heterocycles. The Balaban J connectivity index is 1.44. The summed E-state index contributed by atoms with van der Waals surface area (Å²) in [5.41, 5.74) is 2.76. The molecule has 0 spiro atoms. The van der Waals surface area contributed by atoms with Crippen molar-refractivity contribution < 1.29 is 4.18 Å². The second kappa shape index (κ2) is 9.33. The summed E-state index contributed by atoms with van der Waals surface area (Å²) in [6.45, 7) is 10.1. The van der Waals surface area contributed by atoms with E-state index in [2.05, 4.69) is 55.0 Å². The minimum absolute atomic E-state index is 0.443. The average Bonchev–Trinajstić information content (AvgIpc) is 3.10. The van der Waals surface area contributed by atoms with Gasteiger partial charge in [0.1, 0.15) is 0 Å². The van der Waals surface area contributed by atoms with Crippen molar-refractivity contribution in [2.24, 2.45) is 40.4 Å². The zero-order valence-corrected chi connectivity index (χ0v) is 22.2. The Kier molecular flexibility index (Phi) is 7.39. The van der Waals surface area contributed by atoms with Gasteiger partial charge in [0.15, 0.2) is 0 Å². The number of hydrogen-bond acceptors (Lipinski definition) is 2. The van der Waals surface area contributed by atoms with Crippen molar-refractivity contribution in [1.29, 1.82) is 0 Å². The number of hydrogen-bond donors (Lipinski definition) is 0. The maximum atomic E-state index is 5.95. The van der Waals surface area contributed by atoms with Crippen LogP contribution in [0.5, 0.6) is 0 Å². The maximum Gasteiger partial charge on any atom is 0.0769 e. The Morgan fingerprint density at radius 3 is 2.72 bits per heavy atom. The number of allylic oxidation sites excluding steroid dienone is 1. The number of halogens is 1. The summed E-state index contributed by atoms with van der Waals surface area (Å²) >= 11 is 2.28. The van der Waals surface area contributed by atoms with Crippen LogP contribution in [0.3, 0.4) is 0 Å². The summed E-state index contributed by atoms with van der Waals surface area (Å²) in [6.07, 6.45) is 20.2. The number of fused-ring (bicyclic) bond motifs is 5. The van der Waals surface area contributed by atoms with Crippen molar-refractivity contribution in [2.45, 2.75) is 111 Å². The Morgan fingerprint density at radius 1 is 1.14 bits per heavy atom. The normalized spacial score (nSPS) is 44.2. The fourth-order valence-corrected chi connectivity index (χ4v) is 9.55. The molecule has 0 N–H and O–H groups in total. The first kappa shape index (κ1) is 23.0. The molecule has 0 aromatic heterocycles. The summed E-state index contributed by atoms with van der Waals surface area (Å²) in [5, 5.41) is 0. The number of unbranched alkanes of at least 4 members (excludes halogenated alkanes) is 1. The lowest BCUT2D eigenvalue weighted by Gasteiger charge is -2.61. The molecule has 0 amide bonds. The van der Waals surface area contributed by atoms with E-state index in [0.717, 1.165) is 29.6 Å². The molecule has 1 nitrogen and oxygen atoms in total. The summed E-state index contributed by atoms with van der Waals surface area (Å²) < 4.78 is 5.95. The molecule has 4 rings (SSSR count). The van der Waals surface area contributed by atoms with Crippen LogP contribution < -0.4 is 0 Å². The van der Waals surface area contributed by atoms with Crippen molar-refractivity contribution in [1.82, 2.24) is 0 Å². The monoisotopic (exact) mass is 530 g/mol. The van der Waals surface area contributed by atoms with E-state index in [1.165, 1.54) is 86.3 Å². The van der Waals surface area contributed by atoms with E-state index in [-0.39, 0.29) is 0 Å². The Hall–Kier alpha value is 0.780. The van der Waals surface area contributed by atoms with Gasteiger partial charge in [-0.1, -0.05) is 65.0 Å². The van der Waals surface area contributed by atoms with Gasteiger partial charge in [0.25, 0.3) is 0 Å². The van der Waals surface area contributed by atoms with E-state index in [9.17, 15) is 0 Å². The molecule has 0 aromatic carbocycles. The summed E-state index contributed by atoms with van der Waals surface area (Å²) in [4.78, 5) is 0. The largest absolute Gasteiger partial charge is 0.302 e. The molecule has 3 saturated carbocycles. The van der Waals surface area contributed by atoms with Crippen molar-refractivity contribution >= 4 is 30.4 Å². The molecule has 4 aliphatic carbocycles. The molecule has 0 bridgehead atoms. The molecule has 29 heavy (non-hydrogen) atoms. The molecule has 166 valence electrons. The first-order chi connectivity index (χ1) is 13.9. The second-order valence-corrected chi connectivity index (χ2v) is 13.2. The van der Waals surface area contributed by atoms with Gasteiger partial charge in [-0.15, -0.1) is 0 Å². The summed E-state index contributed by atoms with van der Waals surface area (Å²) in [7, 11) is 1.53. The van der Waals surface area contributed by atoms with Gasteiger partial charge in [-0.3, -0.25) is 0 Å². The summed E-state index contributed by atoms with van der Waals surface area (Å²) in [6, 6.07) is 0. The minimum atomic E-state index is 0.443. The molecule has 0 aromatic rings. The topological polar surface area (TPSA) is 9.23 Å². The quantitative estimate of drug-likeness (QED) is 0.140. The molecule has 3 fully saturated rings. The van der Waals surface area contributed by atoms with E-state index in [1.807, 2.05) is 0 Å². The van der Waals surface area contributed by atoms with Crippen LogP contribution in [0.4, 0.5) is 0 Å². The van der Waals surface area contributed by atoms with Crippen LogP contribution in [0, 0.1) is 40.4 Å². The molecular weight excluding hydrogens is 487 g/mol. The average molecular weight is 531 g/mol. The fraction of sp³-hybridized carbons (Fsp3) is 0.923. The van der Waals surface area contributed by atoms with Gasteiger partial charge in [0, 0.05) is 21.2 Å². The van der Waals surface area contributed by atoms with Crippen LogP contribution in [0.1, 0.15) is 105 Å². The van der Waals surface area contributed by atoms with Crippen molar-refractivity contribution in [3.8, 4) is 0 Å². The lowest BCUT2D eigenvalue weighted by molar-refractivity contribution is -0.0726. The van der Waals surface area contributed by atoms with Crippen LogP contribution in [0.15, 0.2) is 11.6 Å². The standard InChI is InChI=1S/C26H43IOS/c1-18(2)7-5-6-8-19-9-11-23-22(19)10-12-24-25(3)16-14-21(28-29-27)17-20(25)13-15-26(23,24)4/h13,18-19,21-24H,5-12,14-17H2,1-4H3. The first-order valence-corrected chi connectivity index (χ1v) is 15.8. The van der Waals surface area contributed by atoms with Gasteiger partial charge in [0.05, 0.1) is 15.3 Å². The molecule has 0 saturated heterocycles. The van der Waals surface area contributed by atoms with Gasteiger partial charge in [-0.05, 0) is 91.8 Å².